The lowest BCUT2D eigenvalue weighted by atomic mass is 9.93. The van der Waals surface area contributed by atoms with Gasteiger partial charge in [0.15, 0.2) is 0 Å². The van der Waals surface area contributed by atoms with Gasteiger partial charge in [0, 0.05) is 6.54 Å². The van der Waals surface area contributed by atoms with Crippen LogP contribution in [0.15, 0.2) is 36.4 Å². The molecular formula is C20H25NO5. The van der Waals surface area contributed by atoms with Gasteiger partial charge in [-0.25, -0.2) is 4.79 Å². The highest BCUT2D eigenvalue weighted by Gasteiger charge is 2.21. The van der Waals surface area contributed by atoms with Gasteiger partial charge in [0.25, 0.3) is 0 Å². The molecule has 2 rings (SSSR count). The van der Waals surface area contributed by atoms with Crippen LogP contribution in [0.25, 0.3) is 10.8 Å². The van der Waals surface area contributed by atoms with Crippen LogP contribution in [0.1, 0.15) is 38.7 Å². The van der Waals surface area contributed by atoms with E-state index in [1.165, 1.54) is 0 Å². The van der Waals surface area contributed by atoms with E-state index in [1.807, 2.05) is 30.3 Å². The van der Waals surface area contributed by atoms with Gasteiger partial charge in [0.1, 0.15) is 11.4 Å². The standard InChI is InChI=1S/C20H25NO5/c1-20(2,3)26-19(24)21-10-9-17(18(22)23)15-6-5-14-12-16(25-4)8-7-13(14)11-15/h5-8,11-12,17H,9-10H2,1-4H3,(H,21,24)(H,22,23)/t17-/m1/s1. The average Bonchev–Trinajstić information content (AvgIpc) is 2.56. The predicted octanol–water partition coefficient (Wildman–Crippen LogP) is 3.93. The van der Waals surface area contributed by atoms with Crippen molar-refractivity contribution in [3.63, 3.8) is 0 Å². The topological polar surface area (TPSA) is 84.9 Å². The highest BCUT2D eigenvalue weighted by molar-refractivity contribution is 5.86. The molecule has 0 aliphatic rings. The average molecular weight is 359 g/mol. The van der Waals surface area contributed by atoms with Crippen molar-refractivity contribution < 1.29 is 24.2 Å². The number of benzene rings is 2. The van der Waals surface area contributed by atoms with Gasteiger partial charge in [-0.1, -0.05) is 24.3 Å². The monoisotopic (exact) mass is 359 g/mol. The van der Waals surface area contributed by atoms with E-state index in [-0.39, 0.29) is 13.0 Å². The molecule has 0 fully saturated rings. The molecule has 0 spiro atoms. The summed E-state index contributed by atoms with van der Waals surface area (Å²) >= 11 is 0. The van der Waals surface area contributed by atoms with Crippen molar-refractivity contribution >= 4 is 22.8 Å². The molecule has 1 amide bonds. The number of fused-ring (bicyclic) bond motifs is 1. The van der Waals surface area contributed by atoms with Crippen LogP contribution in [0, 0.1) is 0 Å². The van der Waals surface area contributed by atoms with Gasteiger partial charge in [-0.2, -0.15) is 0 Å². The number of methoxy groups -OCH3 is 1. The zero-order valence-electron chi connectivity index (χ0n) is 15.5. The molecule has 0 aliphatic heterocycles. The number of nitrogens with one attached hydrogen (secondary N) is 1. The van der Waals surface area contributed by atoms with Gasteiger partial charge >= 0.3 is 12.1 Å². The Morgan fingerprint density at radius 1 is 1.12 bits per heavy atom. The quantitative estimate of drug-likeness (QED) is 0.816. The normalized spacial score (nSPS) is 12.5. The van der Waals surface area contributed by atoms with E-state index in [9.17, 15) is 14.7 Å². The van der Waals surface area contributed by atoms with Crippen molar-refractivity contribution in [2.75, 3.05) is 13.7 Å². The number of aliphatic carboxylic acids is 1. The number of hydrogen-bond acceptors (Lipinski definition) is 4. The molecule has 1 atom stereocenters. The molecule has 0 radical (unpaired) electrons. The Morgan fingerprint density at radius 3 is 2.38 bits per heavy atom. The van der Waals surface area contributed by atoms with Crippen LogP contribution < -0.4 is 10.1 Å². The zero-order chi connectivity index (χ0) is 19.3. The number of carboxylic acid groups (broad SMARTS) is 1. The van der Waals surface area contributed by atoms with Gasteiger partial charge in [0.2, 0.25) is 0 Å². The molecule has 26 heavy (non-hydrogen) atoms. The van der Waals surface area contributed by atoms with Crippen LogP contribution >= 0.6 is 0 Å². The Kier molecular flexibility index (Phi) is 6.08. The van der Waals surface area contributed by atoms with E-state index in [4.69, 9.17) is 9.47 Å². The minimum Gasteiger partial charge on any atom is -0.497 e. The Labute approximate surface area is 153 Å². The first-order valence-electron chi connectivity index (χ1n) is 8.47. The van der Waals surface area contributed by atoms with Crippen molar-refractivity contribution in [1.29, 1.82) is 0 Å². The molecule has 2 aromatic carbocycles. The maximum Gasteiger partial charge on any atom is 0.407 e. The Balaban J connectivity index is 2.08. The second-order valence-electron chi connectivity index (χ2n) is 7.08. The van der Waals surface area contributed by atoms with Crippen molar-refractivity contribution in [3.8, 4) is 5.75 Å². The molecule has 140 valence electrons. The van der Waals surface area contributed by atoms with E-state index >= 15 is 0 Å². The fraction of sp³-hybridized carbons (Fsp3) is 0.400. The second-order valence-corrected chi connectivity index (χ2v) is 7.08. The number of alkyl carbamates (subject to hydrolysis) is 1. The largest absolute Gasteiger partial charge is 0.497 e. The van der Waals surface area contributed by atoms with Gasteiger partial charge in [-0.15, -0.1) is 0 Å². The van der Waals surface area contributed by atoms with Gasteiger partial charge < -0.3 is 19.9 Å². The van der Waals surface area contributed by atoms with E-state index in [1.54, 1.807) is 33.9 Å². The van der Waals surface area contributed by atoms with Crippen molar-refractivity contribution in [3.05, 3.63) is 42.0 Å². The van der Waals surface area contributed by atoms with Crippen LogP contribution in [0.5, 0.6) is 5.75 Å². The summed E-state index contributed by atoms with van der Waals surface area (Å²) in [5.41, 5.74) is 0.108. The number of ether oxygens (including phenoxy) is 2. The zero-order valence-corrected chi connectivity index (χ0v) is 15.5. The number of carbonyl (C=O) groups is 2. The number of amides is 1. The van der Waals surface area contributed by atoms with Crippen LogP contribution in [0.4, 0.5) is 4.79 Å². The predicted molar refractivity (Wildman–Crippen MR) is 99.7 cm³/mol. The highest BCUT2D eigenvalue weighted by atomic mass is 16.6. The minimum atomic E-state index is -0.927. The van der Waals surface area contributed by atoms with Gasteiger partial charge in [-0.3, -0.25) is 4.79 Å². The summed E-state index contributed by atoms with van der Waals surface area (Å²) in [7, 11) is 1.60. The first-order valence-corrected chi connectivity index (χ1v) is 8.47. The van der Waals surface area contributed by atoms with Crippen molar-refractivity contribution in [1.82, 2.24) is 5.32 Å². The molecule has 0 bridgehead atoms. The number of hydrogen-bond donors (Lipinski definition) is 2. The maximum absolute atomic E-state index is 11.7. The lowest BCUT2D eigenvalue weighted by molar-refractivity contribution is -0.139. The van der Waals surface area contributed by atoms with Crippen LogP contribution in [0.2, 0.25) is 0 Å². The van der Waals surface area contributed by atoms with E-state index < -0.39 is 23.6 Å². The third kappa shape index (κ3) is 5.37. The second kappa shape index (κ2) is 8.08. The molecule has 0 saturated heterocycles. The van der Waals surface area contributed by atoms with Crippen LogP contribution in [-0.2, 0) is 9.53 Å². The van der Waals surface area contributed by atoms with E-state index in [2.05, 4.69) is 5.32 Å². The summed E-state index contributed by atoms with van der Waals surface area (Å²) in [6, 6.07) is 11.2. The fourth-order valence-electron chi connectivity index (χ4n) is 2.65. The molecule has 6 nitrogen and oxygen atoms in total. The van der Waals surface area contributed by atoms with Crippen LogP contribution in [0.3, 0.4) is 0 Å². The third-order valence-electron chi connectivity index (χ3n) is 3.87. The summed E-state index contributed by atoms with van der Waals surface area (Å²) in [6.45, 7) is 5.54. The van der Waals surface area contributed by atoms with Crippen molar-refractivity contribution in [2.24, 2.45) is 0 Å². The molecular weight excluding hydrogens is 334 g/mol. The molecule has 2 aromatic rings. The minimum absolute atomic E-state index is 0.215. The summed E-state index contributed by atoms with van der Waals surface area (Å²) in [6.07, 6.45) is -0.275. The van der Waals surface area contributed by atoms with E-state index in [0.717, 1.165) is 16.5 Å². The Bertz CT molecular complexity index is 794. The molecule has 0 aliphatic carbocycles. The third-order valence-corrected chi connectivity index (χ3v) is 3.87. The molecule has 0 heterocycles. The number of carbonyl (C=O) groups excluding carboxylic acids is 1. The maximum atomic E-state index is 11.7. The first kappa shape index (κ1) is 19.6. The van der Waals surface area contributed by atoms with E-state index in [0.29, 0.717) is 5.56 Å². The molecule has 6 heteroatoms. The number of carboxylic acids is 1. The highest BCUT2D eigenvalue weighted by Crippen LogP contribution is 2.27. The lowest BCUT2D eigenvalue weighted by Crippen LogP contribution is -2.33. The first-order chi connectivity index (χ1) is 12.2. The molecule has 0 saturated carbocycles. The summed E-state index contributed by atoms with van der Waals surface area (Å²) in [5, 5.41) is 14.1. The number of rotatable bonds is 6. The summed E-state index contributed by atoms with van der Waals surface area (Å²) < 4.78 is 10.4. The smallest absolute Gasteiger partial charge is 0.407 e. The van der Waals surface area contributed by atoms with Crippen LogP contribution in [-0.4, -0.2) is 36.4 Å². The molecule has 0 aromatic heterocycles. The lowest BCUT2D eigenvalue weighted by Gasteiger charge is -2.20. The van der Waals surface area contributed by atoms with Gasteiger partial charge in [-0.05, 0) is 55.7 Å². The molecule has 0 unspecified atom stereocenters. The Hall–Kier alpha value is -2.76. The Morgan fingerprint density at radius 2 is 1.77 bits per heavy atom. The summed E-state index contributed by atoms with van der Waals surface area (Å²) in [4.78, 5) is 23.4. The van der Waals surface area contributed by atoms with Crippen molar-refractivity contribution in [2.45, 2.75) is 38.7 Å². The fourth-order valence-corrected chi connectivity index (χ4v) is 2.65. The summed E-state index contributed by atoms with van der Waals surface area (Å²) in [5.74, 6) is -0.887. The molecule has 2 N–H and O–H groups in total. The SMILES string of the molecule is COc1ccc2cc([C@@H](CCNC(=O)OC(C)(C)C)C(=O)O)ccc2c1. The van der Waals surface area contributed by atoms with Gasteiger partial charge in [0.05, 0.1) is 13.0 Å².